The van der Waals surface area contributed by atoms with Crippen molar-refractivity contribution in [2.24, 2.45) is 5.92 Å². The van der Waals surface area contributed by atoms with Crippen molar-refractivity contribution in [2.45, 2.75) is 44.9 Å². The van der Waals surface area contributed by atoms with Gasteiger partial charge in [-0.15, -0.1) is 0 Å². The zero-order chi connectivity index (χ0) is 22.2. The van der Waals surface area contributed by atoms with E-state index in [1.807, 2.05) is 65.6 Å². The summed E-state index contributed by atoms with van der Waals surface area (Å²) in [6.07, 6.45) is 3.51. The molecule has 0 bridgehead atoms. The third-order valence-corrected chi connectivity index (χ3v) is 6.65. The third-order valence-electron chi connectivity index (χ3n) is 6.65. The normalized spacial score (nSPS) is 18.3. The second-order valence-corrected chi connectivity index (χ2v) is 8.77. The van der Waals surface area contributed by atoms with Crippen molar-refractivity contribution in [3.63, 3.8) is 0 Å². The van der Waals surface area contributed by atoms with Gasteiger partial charge in [-0.1, -0.05) is 60.7 Å². The number of hydrogen-bond donors (Lipinski definition) is 1. The first-order chi connectivity index (χ1) is 15.7. The van der Waals surface area contributed by atoms with Gasteiger partial charge >= 0.3 is 6.09 Å². The summed E-state index contributed by atoms with van der Waals surface area (Å²) in [5.41, 5.74) is 2.14. The maximum absolute atomic E-state index is 12.5. The number of rotatable bonds is 6. The maximum Gasteiger partial charge on any atom is 0.410 e. The quantitative estimate of drug-likeness (QED) is 0.749. The molecule has 0 radical (unpaired) electrons. The first-order valence-corrected chi connectivity index (χ1v) is 11.7. The van der Waals surface area contributed by atoms with Crippen LogP contribution < -0.4 is 5.32 Å². The zero-order valence-corrected chi connectivity index (χ0v) is 18.6. The van der Waals surface area contributed by atoms with Crippen LogP contribution in [0.25, 0.3) is 0 Å². The van der Waals surface area contributed by atoms with Crippen LogP contribution in [-0.2, 0) is 22.7 Å². The van der Waals surface area contributed by atoms with Gasteiger partial charge in [0.05, 0.1) is 0 Å². The average molecular weight is 436 g/mol. The van der Waals surface area contributed by atoms with E-state index in [0.717, 1.165) is 63.0 Å². The van der Waals surface area contributed by atoms with Crippen LogP contribution in [0.5, 0.6) is 0 Å². The van der Waals surface area contributed by atoms with Crippen LogP contribution in [0.2, 0.25) is 0 Å². The van der Waals surface area contributed by atoms with Crippen LogP contribution in [0, 0.1) is 5.92 Å². The highest BCUT2D eigenvalue weighted by molar-refractivity contribution is 5.78. The molecule has 0 spiro atoms. The largest absolute Gasteiger partial charge is 0.445 e. The number of nitrogens with one attached hydrogen (secondary N) is 1. The molecule has 2 aliphatic rings. The summed E-state index contributed by atoms with van der Waals surface area (Å²) in [6.45, 7) is 4.28. The summed E-state index contributed by atoms with van der Waals surface area (Å²) >= 11 is 0. The monoisotopic (exact) mass is 435 g/mol. The molecular formula is C26H33N3O3. The Labute approximate surface area is 190 Å². The number of nitrogens with zero attached hydrogens (tertiary/aromatic N) is 2. The minimum Gasteiger partial charge on any atom is -0.445 e. The Morgan fingerprint density at radius 1 is 0.812 bits per heavy atom. The van der Waals surface area contributed by atoms with Gasteiger partial charge in [0, 0.05) is 31.6 Å². The van der Waals surface area contributed by atoms with Crippen LogP contribution in [0.1, 0.15) is 36.8 Å². The lowest BCUT2D eigenvalue weighted by molar-refractivity contribution is -0.126. The second kappa shape index (κ2) is 11.1. The molecule has 0 aliphatic carbocycles. The number of carbonyl (C=O) groups is 2. The van der Waals surface area contributed by atoms with E-state index in [2.05, 4.69) is 10.2 Å². The molecule has 170 valence electrons. The van der Waals surface area contributed by atoms with Crippen LogP contribution in [0.15, 0.2) is 60.7 Å². The van der Waals surface area contributed by atoms with Crippen molar-refractivity contribution in [1.29, 1.82) is 0 Å². The molecule has 2 aliphatic heterocycles. The van der Waals surface area contributed by atoms with E-state index in [0.29, 0.717) is 19.2 Å². The van der Waals surface area contributed by atoms with Crippen molar-refractivity contribution in [1.82, 2.24) is 15.1 Å². The summed E-state index contributed by atoms with van der Waals surface area (Å²) in [7, 11) is 0. The molecule has 0 saturated carbocycles. The second-order valence-electron chi connectivity index (χ2n) is 8.77. The number of ether oxygens (including phenoxy) is 1. The Morgan fingerprint density at radius 2 is 1.41 bits per heavy atom. The Hall–Kier alpha value is -2.86. The van der Waals surface area contributed by atoms with Crippen LogP contribution in [-0.4, -0.2) is 54.0 Å². The zero-order valence-electron chi connectivity index (χ0n) is 18.6. The highest BCUT2D eigenvalue weighted by Gasteiger charge is 2.31. The summed E-state index contributed by atoms with van der Waals surface area (Å²) in [4.78, 5) is 29.3. The fourth-order valence-corrected chi connectivity index (χ4v) is 4.68. The molecule has 0 unspecified atom stereocenters. The Balaban J connectivity index is 1.14. The minimum atomic E-state index is -0.221. The molecule has 6 heteroatoms. The predicted molar refractivity (Wildman–Crippen MR) is 124 cm³/mol. The van der Waals surface area contributed by atoms with E-state index in [-0.39, 0.29) is 17.9 Å². The van der Waals surface area contributed by atoms with Gasteiger partial charge in [0.2, 0.25) is 5.91 Å². The van der Waals surface area contributed by atoms with E-state index in [1.165, 1.54) is 0 Å². The standard InChI is InChI=1S/C26H33N3O3/c30-25(27-19-21-7-3-1-4-8-21)23-11-15-28(16-12-23)24-13-17-29(18-14-24)26(31)32-20-22-9-5-2-6-10-22/h1-10,23-24H,11-20H2,(H,27,30). The van der Waals surface area contributed by atoms with E-state index >= 15 is 0 Å². The lowest BCUT2D eigenvalue weighted by atomic mass is 9.93. The van der Waals surface area contributed by atoms with Gasteiger partial charge in [0.25, 0.3) is 0 Å². The number of amides is 2. The van der Waals surface area contributed by atoms with Gasteiger partial charge in [-0.05, 0) is 49.9 Å². The van der Waals surface area contributed by atoms with E-state index < -0.39 is 0 Å². The molecule has 2 aromatic carbocycles. The molecule has 2 saturated heterocycles. The van der Waals surface area contributed by atoms with Crippen LogP contribution >= 0.6 is 0 Å². The molecule has 0 atom stereocenters. The van der Waals surface area contributed by atoms with Crippen molar-refractivity contribution in [3.05, 3.63) is 71.8 Å². The van der Waals surface area contributed by atoms with Gasteiger partial charge in [0.1, 0.15) is 6.61 Å². The molecular weight excluding hydrogens is 402 g/mol. The molecule has 2 fully saturated rings. The third kappa shape index (κ3) is 6.10. The van der Waals surface area contributed by atoms with E-state index in [9.17, 15) is 9.59 Å². The van der Waals surface area contributed by atoms with E-state index in [4.69, 9.17) is 4.74 Å². The number of carbonyl (C=O) groups excluding carboxylic acids is 2. The fraction of sp³-hybridized carbons (Fsp3) is 0.462. The smallest absolute Gasteiger partial charge is 0.410 e. The Morgan fingerprint density at radius 3 is 2.03 bits per heavy atom. The van der Waals surface area contributed by atoms with Gasteiger partial charge in [0.15, 0.2) is 0 Å². The van der Waals surface area contributed by atoms with E-state index in [1.54, 1.807) is 0 Å². The number of hydrogen-bond acceptors (Lipinski definition) is 4. The fourth-order valence-electron chi connectivity index (χ4n) is 4.68. The number of likely N-dealkylation sites (tertiary alicyclic amines) is 2. The van der Waals surface area contributed by atoms with Crippen molar-refractivity contribution < 1.29 is 14.3 Å². The van der Waals surface area contributed by atoms with Gasteiger partial charge < -0.3 is 19.9 Å². The average Bonchev–Trinajstić information content (AvgIpc) is 2.87. The Kier molecular flexibility index (Phi) is 7.77. The van der Waals surface area contributed by atoms with Crippen LogP contribution in [0.3, 0.4) is 0 Å². The highest BCUT2D eigenvalue weighted by Crippen LogP contribution is 2.24. The van der Waals surface area contributed by atoms with Gasteiger partial charge in [-0.25, -0.2) is 4.79 Å². The molecule has 6 nitrogen and oxygen atoms in total. The molecule has 32 heavy (non-hydrogen) atoms. The van der Waals surface area contributed by atoms with Crippen molar-refractivity contribution in [3.8, 4) is 0 Å². The predicted octanol–water partition coefficient (Wildman–Crippen LogP) is 3.82. The molecule has 0 aromatic heterocycles. The molecule has 2 amide bonds. The molecule has 2 heterocycles. The van der Waals surface area contributed by atoms with Crippen LogP contribution in [0.4, 0.5) is 4.79 Å². The highest BCUT2D eigenvalue weighted by atomic mass is 16.6. The van der Waals surface area contributed by atoms with Gasteiger partial charge in [-0.3, -0.25) is 4.79 Å². The summed E-state index contributed by atoms with van der Waals surface area (Å²) in [5, 5.41) is 3.09. The number of benzene rings is 2. The SMILES string of the molecule is O=C(NCc1ccccc1)C1CCN(C2CCN(C(=O)OCc3ccccc3)CC2)CC1. The summed E-state index contributed by atoms with van der Waals surface area (Å²) in [5.74, 6) is 0.271. The molecule has 1 N–H and O–H groups in total. The maximum atomic E-state index is 12.5. The summed E-state index contributed by atoms with van der Waals surface area (Å²) in [6, 6.07) is 20.3. The topological polar surface area (TPSA) is 61.9 Å². The summed E-state index contributed by atoms with van der Waals surface area (Å²) < 4.78 is 5.47. The lowest BCUT2D eigenvalue weighted by Gasteiger charge is -2.41. The van der Waals surface area contributed by atoms with Gasteiger partial charge in [-0.2, -0.15) is 0 Å². The Bertz CT molecular complexity index is 785. The number of piperidine rings is 2. The van der Waals surface area contributed by atoms with Crippen molar-refractivity contribution >= 4 is 12.0 Å². The van der Waals surface area contributed by atoms with Crippen molar-refractivity contribution in [2.75, 3.05) is 26.2 Å². The first-order valence-electron chi connectivity index (χ1n) is 11.7. The lowest BCUT2D eigenvalue weighted by Crippen LogP contribution is -2.50. The molecule has 2 aromatic rings. The first kappa shape index (κ1) is 22.3. The molecule has 4 rings (SSSR count). The minimum absolute atomic E-state index is 0.100.